The Morgan fingerprint density at radius 2 is 2.05 bits per heavy atom. The van der Waals surface area contributed by atoms with Gasteiger partial charge in [0.15, 0.2) is 0 Å². The van der Waals surface area contributed by atoms with Gasteiger partial charge in [-0.1, -0.05) is 23.7 Å². The lowest BCUT2D eigenvalue weighted by Gasteiger charge is -2.01. The van der Waals surface area contributed by atoms with Gasteiger partial charge in [0.25, 0.3) is 0 Å². The van der Waals surface area contributed by atoms with Gasteiger partial charge in [0.1, 0.15) is 5.82 Å². The minimum atomic E-state index is -3.54. The maximum absolute atomic E-state index is 11.8. The summed E-state index contributed by atoms with van der Waals surface area (Å²) in [7, 11) is -3.54. The molecule has 0 amide bonds. The molecule has 0 radical (unpaired) electrons. The lowest BCUT2D eigenvalue weighted by molar-refractivity contribution is 0.591. The highest BCUT2D eigenvalue weighted by Gasteiger charge is 2.07. The zero-order valence-corrected chi connectivity index (χ0v) is 11.9. The molecule has 20 heavy (non-hydrogen) atoms. The number of aromatic amines is 1. The van der Waals surface area contributed by atoms with E-state index in [2.05, 4.69) is 14.9 Å². The number of nitrogens with one attached hydrogen (secondary N) is 2. The summed E-state index contributed by atoms with van der Waals surface area (Å²) in [6.07, 6.45) is 2.96. The molecule has 8 heteroatoms. The molecular formula is C12H13ClN4O2S. The van der Waals surface area contributed by atoms with Crippen LogP contribution in [0.2, 0.25) is 5.02 Å². The van der Waals surface area contributed by atoms with Crippen LogP contribution in [0.25, 0.3) is 6.08 Å². The zero-order chi connectivity index (χ0) is 14.6. The molecular weight excluding hydrogens is 300 g/mol. The highest BCUT2D eigenvalue weighted by molar-refractivity contribution is 7.92. The first-order valence-electron chi connectivity index (χ1n) is 5.67. The van der Waals surface area contributed by atoms with Crippen molar-refractivity contribution < 1.29 is 8.42 Å². The maximum atomic E-state index is 11.8. The summed E-state index contributed by atoms with van der Waals surface area (Å²) in [6.45, 7) is 0.0790. The summed E-state index contributed by atoms with van der Waals surface area (Å²) in [5.41, 5.74) is 6.90. The van der Waals surface area contributed by atoms with Crippen molar-refractivity contribution in [2.75, 3.05) is 5.73 Å². The Labute approximate surface area is 121 Å². The second kappa shape index (κ2) is 6.08. The summed E-state index contributed by atoms with van der Waals surface area (Å²) in [6, 6.07) is 6.83. The van der Waals surface area contributed by atoms with E-state index in [1.807, 2.05) is 0 Å². The van der Waals surface area contributed by atoms with Gasteiger partial charge in [-0.25, -0.2) is 13.1 Å². The molecule has 0 fully saturated rings. The van der Waals surface area contributed by atoms with Crippen LogP contribution in [0.4, 0.5) is 5.82 Å². The van der Waals surface area contributed by atoms with Gasteiger partial charge in [0.2, 0.25) is 10.0 Å². The SMILES string of the molecule is Nc1[nH]ncc1CNS(=O)(=O)C=Cc1ccc(Cl)cc1. The molecule has 0 atom stereocenters. The largest absolute Gasteiger partial charge is 0.384 e. The van der Waals surface area contributed by atoms with Gasteiger partial charge in [-0.2, -0.15) is 5.10 Å². The topological polar surface area (TPSA) is 101 Å². The summed E-state index contributed by atoms with van der Waals surface area (Å²) >= 11 is 5.75. The number of hydrogen-bond donors (Lipinski definition) is 3. The number of sulfonamides is 1. The predicted octanol–water partition coefficient (Wildman–Crippen LogP) is 1.74. The Kier molecular flexibility index (Phi) is 4.43. The molecule has 1 aromatic carbocycles. The average molecular weight is 313 g/mol. The number of aromatic nitrogens is 2. The third-order valence-corrected chi connectivity index (χ3v) is 3.82. The first-order chi connectivity index (χ1) is 9.46. The molecule has 0 unspecified atom stereocenters. The van der Waals surface area contributed by atoms with E-state index in [0.717, 1.165) is 11.0 Å². The minimum Gasteiger partial charge on any atom is -0.384 e. The predicted molar refractivity (Wildman–Crippen MR) is 79.2 cm³/mol. The Bertz CT molecular complexity index is 707. The van der Waals surface area contributed by atoms with Crippen molar-refractivity contribution >= 4 is 33.5 Å². The van der Waals surface area contributed by atoms with Crippen LogP contribution in [-0.4, -0.2) is 18.6 Å². The van der Waals surface area contributed by atoms with Gasteiger partial charge < -0.3 is 5.73 Å². The van der Waals surface area contributed by atoms with E-state index in [0.29, 0.717) is 16.4 Å². The molecule has 0 spiro atoms. The number of nitrogens with two attached hydrogens (primary N) is 1. The van der Waals surface area contributed by atoms with E-state index in [-0.39, 0.29) is 6.54 Å². The van der Waals surface area contributed by atoms with Crippen molar-refractivity contribution in [3.8, 4) is 0 Å². The minimum absolute atomic E-state index is 0.0790. The van der Waals surface area contributed by atoms with Crippen molar-refractivity contribution in [1.29, 1.82) is 0 Å². The maximum Gasteiger partial charge on any atom is 0.234 e. The molecule has 0 bridgehead atoms. The van der Waals surface area contributed by atoms with Gasteiger partial charge >= 0.3 is 0 Å². The Balaban J connectivity index is 2.00. The third-order valence-electron chi connectivity index (χ3n) is 2.52. The fourth-order valence-corrected chi connectivity index (χ4v) is 2.35. The number of benzene rings is 1. The molecule has 2 aromatic rings. The molecule has 0 saturated heterocycles. The van der Waals surface area contributed by atoms with Crippen molar-refractivity contribution in [2.45, 2.75) is 6.54 Å². The summed E-state index contributed by atoms with van der Waals surface area (Å²) < 4.78 is 26.0. The zero-order valence-electron chi connectivity index (χ0n) is 10.4. The lowest BCUT2D eigenvalue weighted by Crippen LogP contribution is -2.20. The van der Waals surface area contributed by atoms with Crippen LogP contribution in [0, 0.1) is 0 Å². The summed E-state index contributed by atoms with van der Waals surface area (Å²) in [4.78, 5) is 0. The number of H-pyrrole nitrogens is 1. The van der Waals surface area contributed by atoms with Gasteiger partial charge in [-0.05, 0) is 23.8 Å². The fourth-order valence-electron chi connectivity index (χ4n) is 1.43. The second-order valence-electron chi connectivity index (χ2n) is 4.03. The Morgan fingerprint density at radius 1 is 1.35 bits per heavy atom. The van der Waals surface area contributed by atoms with Crippen LogP contribution in [0.1, 0.15) is 11.1 Å². The lowest BCUT2D eigenvalue weighted by atomic mass is 10.2. The van der Waals surface area contributed by atoms with E-state index < -0.39 is 10.0 Å². The molecule has 0 saturated carbocycles. The number of halogens is 1. The highest BCUT2D eigenvalue weighted by Crippen LogP contribution is 2.11. The van der Waals surface area contributed by atoms with Crippen LogP contribution in [0.5, 0.6) is 0 Å². The van der Waals surface area contributed by atoms with Crippen molar-refractivity contribution in [1.82, 2.24) is 14.9 Å². The van der Waals surface area contributed by atoms with Crippen molar-refractivity contribution in [3.05, 3.63) is 52.0 Å². The smallest absolute Gasteiger partial charge is 0.234 e. The first kappa shape index (κ1) is 14.6. The van der Waals surface area contributed by atoms with E-state index in [1.165, 1.54) is 12.3 Å². The Morgan fingerprint density at radius 3 is 2.65 bits per heavy atom. The number of rotatable bonds is 5. The van der Waals surface area contributed by atoms with Crippen molar-refractivity contribution in [2.24, 2.45) is 0 Å². The van der Waals surface area contributed by atoms with E-state index in [4.69, 9.17) is 17.3 Å². The molecule has 6 nitrogen and oxygen atoms in total. The van der Waals surface area contributed by atoms with Gasteiger partial charge in [0.05, 0.1) is 6.20 Å². The van der Waals surface area contributed by atoms with Crippen LogP contribution in [0.3, 0.4) is 0 Å². The third kappa shape index (κ3) is 4.09. The van der Waals surface area contributed by atoms with E-state index >= 15 is 0 Å². The van der Waals surface area contributed by atoms with Gasteiger partial charge in [-0.15, -0.1) is 0 Å². The summed E-state index contributed by atoms with van der Waals surface area (Å²) in [5.74, 6) is 0.342. The van der Waals surface area contributed by atoms with Crippen LogP contribution >= 0.6 is 11.6 Å². The fraction of sp³-hybridized carbons (Fsp3) is 0.0833. The molecule has 0 aliphatic carbocycles. The number of hydrogen-bond acceptors (Lipinski definition) is 4. The molecule has 1 heterocycles. The standard InChI is InChI=1S/C12H13ClN4O2S/c13-11-3-1-9(2-4-11)5-6-20(18,19)16-8-10-7-15-17-12(10)14/h1-7,16H,8H2,(H3,14,15,17). The molecule has 4 N–H and O–H groups in total. The van der Waals surface area contributed by atoms with Crippen LogP contribution in [-0.2, 0) is 16.6 Å². The van der Waals surface area contributed by atoms with Crippen LogP contribution in [0.15, 0.2) is 35.9 Å². The van der Waals surface area contributed by atoms with E-state index in [9.17, 15) is 8.42 Å². The monoisotopic (exact) mass is 312 g/mol. The quantitative estimate of drug-likeness (QED) is 0.782. The van der Waals surface area contributed by atoms with Crippen LogP contribution < -0.4 is 10.5 Å². The average Bonchev–Trinajstić information content (AvgIpc) is 2.82. The second-order valence-corrected chi connectivity index (χ2v) is 6.12. The molecule has 106 valence electrons. The normalized spacial score (nSPS) is 12.1. The van der Waals surface area contributed by atoms with Gasteiger partial charge in [-0.3, -0.25) is 5.10 Å². The molecule has 0 aliphatic rings. The molecule has 1 aromatic heterocycles. The van der Waals surface area contributed by atoms with Crippen molar-refractivity contribution in [3.63, 3.8) is 0 Å². The molecule has 2 rings (SSSR count). The summed E-state index contributed by atoms with van der Waals surface area (Å²) in [5, 5.41) is 7.92. The van der Waals surface area contributed by atoms with E-state index in [1.54, 1.807) is 24.3 Å². The Hall–Kier alpha value is -1.83. The molecule has 0 aliphatic heterocycles. The highest BCUT2D eigenvalue weighted by atomic mass is 35.5. The first-order valence-corrected chi connectivity index (χ1v) is 7.60. The van der Waals surface area contributed by atoms with Gasteiger partial charge in [0, 0.05) is 22.5 Å². The number of anilines is 1. The number of nitrogens with zero attached hydrogens (tertiary/aromatic N) is 1. The number of nitrogen functional groups attached to an aromatic ring is 1.